The van der Waals surface area contributed by atoms with Gasteiger partial charge in [-0.05, 0) is 54.1 Å². The molecule has 2 aromatic rings. The van der Waals surface area contributed by atoms with Gasteiger partial charge < -0.3 is 5.32 Å². The highest BCUT2D eigenvalue weighted by Gasteiger charge is 2.21. The topological polar surface area (TPSA) is 12.0 Å². The smallest absolute Gasteiger partial charge is 0.0326 e. The molecular weight excluding hydrogens is 230 g/mol. The summed E-state index contributed by atoms with van der Waals surface area (Å²) in [6.07, 6.45) is 2.44. The van der Waals surface area contributed by atoms with E-state index in [2.05, 4.69) is 61.6 Å². The van der Waals surface area contributed by atoms with E-state index in [0.29, 0.717) is 6.04 Å². The van der Waals surface area contributed by atoms with Gasteiger partial charge in [-0.3, -0.25) is 0 Å². The Labute approximate surface area is 115 Å². The lowest BCUT2D eigenvalue weighted by Crippen LogP contribution is -2.18. The minimum absolute atomic E-state index is 0.561. The van der Waals surface area contributed by atoms with Crippen molar-refractivity contribution in [3.8, 4) is 11.1 Å². The van der Waals surface area contributed by atoms with E-state index in [1.807, 2.05) is 0 Å². The molecule has 3 rings (SSSR count). The molecule has 0 spiro atoms. The second kappa shape index (κ2) is 5.18. The summed E-state index contributed by atoms with van der Waals surface area (Å²) in [7, 11) is 0. The van der Waals surface area contributed by atoms with Gasteiger partial charge in [-0.1, -0.05) is 49.4 Å². The average Bonchev–Trinajstić information content (AvgIpc) is 2.82. The summed E-state index contributed by atoms with van der Waals surface area (Å²) in [5.74, 6) is 0. The maximum Gasteiger partial charge on any atom is 0.0326 e. The van der Waals surface area contributed by atoms with Gasteiger partial charge in [0, 0.05) is 6.04 Å². The van der Waals surface area contributed by atoms with Gasteiger partial charge in [0.25, 0.3) is 0 Å². The minimum atomic E-state index is 0.561. The van der Waals surface area contributed by atoms with Crippen LogP contribution in [0.5, 0.6) is 0 Å². The van der Waals surface area contributed by atoms with E-state index >= 15 is 0 Å². The molecule has 0 saturated heterocycles. The van der Waals surface area contributed by atoms with E-state index < -0.39 is 0 Å². The van der Waals surface area contributed by atoms with Gasteiger partial charge in [-0.15, -0.1) is 0 Å². The van der Waals surface area contributed by atoms with Crippen LogP contribution in [-0.2, 0) is 6.42 Å². The molecule has 2 aromatic carbocycles. The molecule has 1 N–H and O–H groups in total. The molecule has 0 radical (unpaired) electrons. The molecule has 98 valence electrons. The van der Waals surface area contributed by atoms with Gasteiger partial charge in [-0.25, -0.2) is 0 Å². The van der Waals surface area contributed by atoms with Crippen molar-refractivity contribution >= 4 is 0 Å². The van der Waals surface area contributed by atoms with Crippen molar-refractivity contribution in [1.82, 2.24) is 5.32 Å². The van der Waals surface area contributed by atoms with E-state index in [0.717, 1.165) is 6.54 Å². The minimum Gasteiger partial charge on any atom is -0.310 e. The van der Waals surface area contributed by atoms with Crippen LogP contribution in [0.3, 0.4) is 0 Å². The summed E-state index contributed by atoms with van der Waals surface area (Å²) >= 11 is 0. The Kier molecular flexibility index (Phi) is 3.39. The van der Waals surface area contributed by atoms with Crippen molar-refractivity contribution in [3.63, 3.8) is 0 Å². The van der Waals surface area contributed by atoms with Crippen LogP contribution in [0.15, 0.2) is 42.5 Å². The Morgan fingerprint density at radius 1 is 1.16 bits per heavy atom. The number of benzene rings is 2. The Hall–Kier alpha value is -1.60. The third kappa shape index (κ3) is 2.31. The van der Waals surface area contributed by atoms with Gasteiger partial charge >= 0.3 is 0 Å². The average molecular weight is 251 g/mol. The summed E-state index contributed by atoms with van der Waals surface area (Å²) in [4.78, 5) is 0. The molecule has 0 aliphatic heterocycles. The molecule has 1 nitrogen and oxygen atoms in total. The summed E-state index contributed by atoms with van der Waals surface area (Å²) in [6.45, 7) is 5.41. The maximum absolute atomic E-state index is 3.57. The van der Waals surface area contributed by atoms with Crippen molar-refractivity contribution in [2.24, 2.45) is 0 Å². The van der Waals surface area contributed by atoms with Crippen molar-refractivity contribution in [1.29, 1.82) is 0 Å². The van der Waals surface area contributed by atoms with Crippen LogP contribution in [-0.4, -0.2) is 6.54 Å². The first-order valence-electron chi connectivity index (χ1n) is 7.22. The van der Waals surface area contributed by atoms with Crippen LogP contribution in [0.4, 0.5) is 0 Å². The van der Waals surface area contributed by atoms with E-state index in [1.54, 1.807) is 0 Å². The molecule has 0 fully saturated rings. The standard InChI is InChI=1S/C18H21N/c1-3-19-18-11-9-15-12-14(8-10-17(15)18)16-7-5-4-6-13(16)2/h4-8,10,12,18-19H,3,9,11H2,1-2H3. The third-order valence-electron chi connectivity index (χ3n) is 4.13. The van der Waals surface area contributed by atoms with Crippen molar-refractivity contribution in [3.05, 3.63) is 59.2 Å². The van der Waals surface area contributed by atoms with Crippen molar-refractivity contribution < 1.29 is 0 Å². The number of fused-ring (bicyclic) bond motifs is 1. The first-order valence-corrected chi connectivity index (χ1v) is 7.22. The number of nitrogens with one attached hydrogen (secondary N) is 1. The Bertz CT molecular complexity index is 586. The first-order chi connectivity index (χ1) is 9.29. The highest BCUT2D eigenvalue weighted by Crippen LogP contribution is 2.34. The zero-order valence-corrected chi connectivity index (χ0v) is 11.7. The molecular formula is C18H21N. The Balaban J connectivity index is 1.98. The molecule has 1 aliphatic carbocycles. The summed E-state index contributed by atoms with van der Waals surface area (Å²) < 4.78 is 0. The van der Waals surface area contributed by atoms with Gasteiger partial charge in [0.2, 0.25) is 0 Å². The number of hydrogen-bond donors (Lipinski definition) is 1. The SMILES string of the molecule is CCNC1CCc2cc(-c3ccccc3C)ccc21. The number of hydrogen-bond acceptors (Lipinski definition) is 1. The summed E-state index contributed by atoms with van der Waals surface area (Å²) in [6, 6.07) is 16.2. The second-order valence-corrected chi connectivity index (χ2v) is 5.38. The predicted octanol–water partition coefficient (Wildman–Crippen LogP) is 4.26. The highest BCUT2D eigenvalue weighted by atomic mass is 14.9. The van der Waals surface area contributed by atoms with Crippen LogP contribution in [0, 0.1) is 6.92 Å². The second-order valence-electron chi connectivity index (χ2n) is 5.38. The fourth-order valence-corrected chi connectivity index (χ4v) is 3.14. The molecule has 1 atom stereocenters. The lowest BCUT2D eigenvalue weighted by molar-refractivity contribution is 0.549. The van der Waals surface area contributed by atoms with E-state index in [4.69, 9.17) is 0 Å². The third-order valence-corrected chi connectivity index (χ3v) is 4.13. The van der Waals surface area contributed by atoms with Crippen LogP contribution >= 0.6 is 0 Å². The van der Waals surface area contributed by atoms with Crippen molar-refractivity contribution in [2.45, 2.75) is 32.7 Å². The fourth-order valence-electron chi connectivity index (χ4n) is 3.14. The zero-order chi connectivity index (χ0) is 13.2. The largest absolute Gasteiger partial charge is 0.310 e. The van der Waals surface area contributed by atoms with E-state index in [9.17, 15) is 0 Å². The van der Waals surface area contributed by atoms with Gasteiger partial charge in [0.05, 0.1) is 0 Å². The zero-order valence-electron chi connectivity index (χ0n) is 11.7. The summed E-state index contributed by atoms with van der Waals surface area (Å²) in [5, 5.41) is 3.57. The lowest BCUT2D eigenvalue weighted by Gasteiger charge is -2.13. The van der Waals surface area contributed by atoms with Crippen LogP contribution in [0.2, 0.25) is 0 Å². The quantitative estimate of drug-likeness (QED) is 0.859. The Morgan fingerprint density at radius 3 is 2.79 bits per heavy atom. The highest BCUT2D eigenvalue weighted by molar-refractivity contribution is 5.68. The Morgan fingerprint density at radius 2 is 2.00 bits per heavy atom. The molecule has 0 bridgehead atoms. The molecule has 1 heteroatoms. The normalized spacial score (nSPS) is 17.5. The van der Waals surface area contributed by atoms with Gasteiger partial charge in [0.15, 0.2) is 0 Å². The van der Waals surface area contributed by atoms with Crippen LogP contribution < -0.4 is 5.32 Å². The van der Waals surface area contributed by atoms with Crippen LogP contribution in [0.25, 0.3) is 11.1 Å². The summed E-state index contributed by atoms with van der Waals surface area (Å²) in [5.41, 5.74) is 7.08. The van der Waals surface area contributed by atoms with E-state index in [1.165, 1.54) is 40.7 Å². The molecule has 1 unspecified atom stereocenters. The monoisotopic (exact) mass is 251 g/mol. The number of aryl methyl sites for hydroxylation is 2. The molecule has 19 heavy (non-hydrogen) atoms. The van der Waals surface area contributed by atoms with Crippen LogP contribution in [0.1, 0.15) is 36.1 Å². The van der Waals surface area contributed by atoms with Crippen molar-refractivity contribution in [2.75, 3.05) is 6.54 Å². The molecule has 1 aliphatic rings. The molecule has 0 amide bonds. The molecule has 0 aromatic heterocycles. The number of rotatable bonds is 3. The maximum atomic E-state index is 3.57. The predicted molar refractivity (Wildman–Crippen MR) is 81.4 cm³/mol. The van der Waals surface area contributed by atoms with E-state index in [-0.39, 0.29) is 0 Å². The van der Waals surface area contributed by atoms with Gasteiger partial charge in [-0.2, -0.15) is 0 Å². The fraction of sp³-hybridized carbons (Fsp3) is 0.333. The first kappa shape index (κ1) is 12.4. The lowest BCUT2D eigenvalue weighted by atomic mass is 9.97. The molecule has 0 saturated carbocycles. The molecule has 0 heterocycles. The van der Waals surface area contributed by atoms with Gasteiger partial charge in [0.1, 0.15) is 0 Å².